The fourth-order valence-corrected chi connectivity index (χ4v) is 1.89. The predicted octanol–water partition coefficient (Wildman–Crippen LogP) is 5.72. The Morgan fingerprint density at radius 3 is 2.48 bits per heavy atom. The van der Waals surface area contributed by atoms with Crippen molar-refractivity contribution in [1.82, 2.24) is 5.32 Å². The number of ether oxygens (including phenoxy) is 1. The van der Waals surface area contributed by atoms with Gasteiger partial charge in [-0.05, 0) is 50.0 Å². The molecule has 1 rings (SSSR count). The molecule has 23 heavy (non-hydrogen) atoms. The zero-order valence-electron chi connectivity index (χ0n) is 15.4. The highest BCUT2D eigenvalue weighted by Gasteiger charge is 2.15. The van der Waals surface area contributed by atoms with Crippen LogP contribution in [0.3, 0.4) is 0 Å². The lowest BCUT2D eigenvalue weighted by molar-refractivity contribution is 0.0523. The highest BCUT2D eigenvalue weighted by molar-refractivity contribution is 5.74. The molecule has 0 fully saturated rings. The first-order valence-corrected chi connectivity index (χ1v) is 8.24. The summed E-state index contributed by atoms with van der Waals surface area (Å²) >= 11 is 0. The van der Waals surface area contributed by atoms with Crippen LogP contribution in [0, 0.1) is 0 Å². The van der Waals surface area contributed by atoms with Gasteiger partial charge in [0.25, 0.3) is 0 Å². The van der Waals surface area contributed by atoms with Crippen LogP contribution in [0.1, 0.15) is 59.1 Å². The van der Waals surface area contributed by atoms with Gasteiger partial charge >= 0.3 is 6.09 Å². The molecule has 0 aliphatic heterocycles. The van der Waals surface area contributed by atoms with E-state index in [-0.39, 0.29) is 0 Å². The summed E-state index contributed by atoms with van der Waals surface area (Å²) in [5, 5.41) is 2.77. The maximum absolute atomic E-state index is 11.6. The second-order valence-electron chi connectivity index (χ2n) is 5.83. The average molecular weight is 317 g/mol. The summed E-state index contributed by atoms with van der Waals surface area (Å²) in [6.07, 6.45) is 4.54. The minimum Gasteiger partial charge on any atom is -0.444 e. The van der Waals surface area contributed by atoms with E-state index in [9.17, 15) is 4.79 Å². The van der Waals surface area contributed by atoms with Gasteiger partial charge in [0, 0.05) is 6.54 Å². The molecule has 3 nitrogen and oxygen atoms in total. The molecule has 0 unspecified atom stereocenters. The summed E-state index contributed by atoms with van der Waals surface area (Å²) in [5.41, 5.74) is 2.76. The van der Waals surface area contributed by atoms with Crippen molar-refractivity contribution < 1.29 is 9.53 Å². The summed E-state index contributed by atoms with van der Waals surface area (Å²) in [5.74, 6) is 0. The van der Waals surface area contributed by atoms with Gasteiger partial charge in [0.2, 0.25) is 0 Å². The van der Waals surface area contributed by atoms with Crippen LogP contribution in [-0.4, -0.2) is 11.7 Å². The van der Waals surface area contributed by atoms with E-state index in [1.54, 1.807) is 0 Å². The molecule has 1 amide bonds. The predicted molar refractivity (Wildman–Crippen MR) is 99.3 cm³/mol. The molecule has 0 saturated carbocycles. The Labute approximate surface area is 141 Å². The maximum Gasteiger partial charge on any atom is 0.407 e. The van der Waals surface area contributed by atoms with Crippen molar-refractivity contribution in [3.8, 4) is 0 Å². The van der Waals surface area contributed by atoms with Crippen molar-refractivity contribution in [2.24, 2.45) is 0 Å². The van der Waals surface area contributed by atoms with Crippen LogP contribution >= 0.6 is 0 Å². The fourth-order valence-electron chi connectivity index (χ4n) is 1.89. The number of nitrogens with one attached hydrogen (secondary N) is 1. The third kappa shape index (κ3) is 8.87. The highest BCUT2D eigenvalue weighted by Crippen LogP contribution is 2.17. The SMILES string of the molecule is C=C/C(=C\CC)c1cccc(CNC(=O)OC(C)(C)C)c1.CC. The van der Waals surface area contributed by atoms with E-state index >= 15 is 0 Å². The minimum atomic E-state index is -0.480. The quantitative estimate of drug-likeness (QED) is 0.706. The molecule has 0 aliphatic carbocycles. The Balaban J connectivity index is 0.00000232. The lowest BCUT2D eigenvalue weighted by atomic mass is 10.0. The molecule has 0 radical (unpaired) electrons. The second-order valence-corrected chi connectivity index (χ2v) is 5.83. The monoisotopic (exact) mass is 317 g/mol. The van der Waals surface area contributed by atoms with Crippen LogP contribution in [0.2, 0.25) is 0 Å². The first kappa shape index (κ1) is 21.0. The third-order valence-electron chi connectivity index (χ3n) is 2.74. The molecule has 0 aromatic heterocycles. The molecule has 1 aromatic carbocycles. The number of amides is 1. The fraction of sp³-hybridized carbons (Fsp3) is 0.450. The van der Waals surface area contributed by atoms with Crippen LogP contribution in [0.5, 0.6) is 0 Å². The van der Waals surface area contributed by atoms with E-state index in [1.807, 2.05) is 58.9 Å². The summed E-state index contributed by atoms with van der Waals surface area (Å²) in [6.45, 7) is 15.9. The molecule has 0 atom stereocenters. The lowest BCUT2D eigenvalue weighted by Gasteiger charge is -2.19. The van der Waals surface area contributed by atoms with Gasteiger partial charge in [0.1, 0.15) is 5.60 Å². The van der Waals surface area contributed by atoms with Crippen LogP contribution in [0.4, 0.5) is 4.79 Å². The van der Waals surface area contributed by atoms with Gasteiger partial charge in [0.15, 0.2) is 0 Å². The Morgan fingerprint density at radius 1 is 1.30 bits per heavy atom. The summed E-state index contributed by atoms with van der Waals surface area (Å²) in [6, 6.07) is 8.06. The number of hydrogen-bond donors (Lipinski definition) is 1. The second kappa shape index (κ2) is 10.7. The molecule has 0 aliphatic rings. The van der Waals surface area contributed by atoms with Crippen molar-refractivity contribution in [1.29, 1.82) is 0 Å². The smallest absolute Gasteiger partial charge is 0.407 e. The first-order chi connectivity index (χ1) is 10.9. The number of rotatable bonds is 5. The van der Waals surface area contributed by atoms with Crippen LogP contribution in [-0.2, 0) is 11.3 Å². The number of benzene rings is 1. The Hall–Kier alpha value is -2.03. The molecule has 3 heteroatoms. The van der Waals surface area contributed by atoms with Crippen LogP contribution in [0.25, 0.3) is 5.57 Å². The zero-order chi connectivity index (χ0) is 17.9. The van der Waals surface area contributed by atoms with Gasteiger partial charge in [-0.15, -0.1) is 0 Å². The summed E-state index contributed by atoms with van der Waals surface area (Å²) < 4.78 is 5.22. The molecule has 128 valence electrons. The summed E-state index contributed by atoms with van der Waals surface area (Å²) in [4.78, 5) is 11.6. The van der Waals surface area contributed by atoms with Crippen molar-refractivity contribution in [3.63, 3.8) is 0 Å². The van der Waals surface area contributed by atoms with Crippen molar-refractivity contribution in [3.05, 3.63) is 54.1 Å². The molecule has 1 aromatic rings. The van der Waals surface area contributed by atoms with Gasteiger partial charge < -0.3 is 10.1 Å². The van der Waals surface area contributed by atoms with E-state index < -0.39 is 11.7 Å². The van der Waals surface area contributed by atoms with Crippen molar-refractivity contribution in [2.75, 3.05) is 0 Å². The van der Waals surface area contributed by atoms with Gasteiger partial charge in [-0.25, -0.2) is 4.79 Å². The molecule has 0 bridgehead atoms. The normalized spacial score (nSPS) is 11.1. The Bertz CT molecular complexity index is 525. The molecule has 0 heterocycles. The third-order valence-corrected chi connectivity index (χ3v) is 2.74. The zero-order valence-corrected chi connectivity index (χ0v) is 15.4. The Kier molecular flexibility index (Phi) is 9.71. The summed E-state index contributed by atoms with van der Waals surface area (Å²) in [7, 11) is 0. The van der Waals surface area contributed by atoms with Gasteiger partial charge in [-0.1, -0.05) is 57.7 Å². The number of allylic oxidation sites excluding steroid dienone is 3. The molecule has 1 N–H and O–H groups in total. The van der Waals surface area contributed by atoms with Gasteiger partial charge in [-0.3, -0.25) is 0 Å². The number of hydrogen-bond acceptors (Lipinski definition) is 2. The topological polar surface area (TPSA) is 38.3 Å². The molecular formula is C20H31NO2. The first-order valence-electron chi connectivity index (χ1n) is 8.24. The molecule has 0 saturated heterocycles. The van der Waals surface area contributed by atoms with E-state index in [1.165, 1.54) is 0 Å². The van der Waals surface area contributed by atoms with E-state index in [2.05, 4.69) is 31.0 Å². The maximum atomic E-state index is 11.6. The average Bonchev–Trinajstić information content (AvgIpc) is 2.51. The minimum absolute atomic E-state index is 0.402. The van der Waals surface area contributed by atoms with E-state index in [0.29, 0.717) is 6.54 Å². The van der Waals surface area contributed by atoms with Crippen LogP contribution < -0.4 is 5.32 Å². The van der Waals surface area contributed by atoms with Gasteiger partial charge in [-0.2, -0.15) is 0 Å². The van der Waals surface area contributed by atoms with Crippen molar-refractivity contribution in [2.45, 2.75) is 60.1 Å². The van der Waals surface area contributed by atoms with Crippen molar-refractivity contribution >= 4 is 11.7 Å². The highest BCUT2D eigenvalue weighted by atomic mass is 16.6. The van der Waals surface area contributed by atoms with E-state index in [4.69, 9.17) is 4.74 Å². The van der Waals surface area contributed by atoms with Crippen LogP contribution in [0.15, 0.2) is 43.0 Å². The van der Waals surface area contributed by atoms with Gasteiger partial charge in [0.05, 0.1) is 0 Å². The Morgan fingerprint density at radius 2 is 1.96 bits per heavy atom. The lowest BCUT2D eigenvalue weighted by Crippen LogP contribution is -2.32. The molecular weight excluding hydrogens is 286 g/mol. The number of carbonyl (C=O) groups excluding carboxylic acids is 1. The standard InChI is InChI=1S/C18H25NO2.C2H6/c1-6-9-15(7-2)16-11-8-10-14(12-16)13-19-17(20)21-18(3,4)5;1-2/h7-12H,2,6,13H2,1,3-5H3,(H,19,20);1-2H3/b15-9+;. The van der Waals surface area contributed by atoms with E-state index in [0.717, 1.165) is 23.1 Å². The largest absolute Gasteiger partial charge is 0.444 e. The number of carbonyl (C=O) groups is 1. The number of alkyl carbamates (subject to hydrolysis) is 1. The molecule has 0 spiro atoms.